The van der Waals surface area contributed by atoms with Crippen LogP contribution in [0.25, 0.3) is 0 Å². The molecule has 1 aromatic rings. The van der Waals surface area contributed by atoms with Crippen molar-refractivity contribution in [3.8, 4) is 0 Å². The van der Waals surface area contributed by atoms with Gasteiger partial charge < -0.3 is 15.5 Å². The van der Waals surface area contributed by atoms with E-state index in [-0.39, 0.29) is 28.9 Å². The Morgan fingerprint density at radius 1 is 1.26 bits per heavy atom. The molecule has 1 aromatic carbocycles. The molecule has 1 heterocycles. The normalized spacial score (nSPS) is 16.9. The van der Waals surface area contributed by atoms with E-state index in [9.17, 15) is 8.42 Å². The molecule has 9 heteroatoms. The fraction of sp³-hybridized carbons (Fsp3) is 0.611. The van der Waals surface area contributed by atoms with Crippen molar-refractivity contribution in [3.63, 3.8) is 0 Å². The average Bonchev–Trinajstić information content (AvgIpc) is 2.60. The maximum Gasteiger partial charge on any atom is 0.238 e. The van der Waals surface area contributed by atoms with Gasteiger partial charge in [0.05, 0.1) is 11.4 Å². The standard InChI is InChI=1S/C18H31N5O2S.HI/c1-4-20-18(22-16-9-11-23(12-10-16)14(2)3)21-13-15-5-7-17(8-6-15)26(19,24)25;/h5-8,14,16H,4,9-13H2,1-3H3,(H2,19,24,25)(H2,20,21,22);1H. The maximum atomic E-state index is 11.3. The summed E-state index contributed by atoms with van der Waals surface area (Å²) in [5.74, 6) is 0.797. The Morgan fingerprint density at radius 2 is 1.85 bits per heavy atom. The Hall–Kier alpha value is -0.910. The fourth-order valence-corrected chi connectivity index (χ4v) is 3.54. The molecule has 27 heavy (non-hydrogen) atoms. The Morgan fingerprint density at radius 3 is 2.33 bits per heavy atom. The molecule has 2 rings (SSSR count). The summed E-state index contributed by atoms with van der Waals surface area (Å²) in [6, 6.07) is 7.54. The van der Waals surface area contributed by atoms with Gasteiger partial charge in [0.25, 0.3) is 0 Å². The van der Waals surface area contributed by atoms with Gasteiger partial charge in [-0.05, 0) is 51.3 Å². The highest BCUT2D eigenvalue weighted by atomic mass is 127. The van der Waals surface area contributed by atoms with Crippen molar-refractivity contribution in [2.24, 2.45) is 10.1 Å². The Labute approximate surface area is 180 Å². The van der Waals surface area contributed by atoms with Crippen LogP contribution in [0.1, 0.15) is 39.2 Å². The first-order valence-electron chi connectivity index (χ1n) is 9.20. The zero-order valence-corrected chi connectivity index (χ0v) is 19.5. The first-order chi connectivity index (χ1) is 12.3. The first kappa shape index (κ1) is 24.1. The number of aliphatic imine (C=N–C) groups is 1. The predicted octanol–water partition coefficient (Wildman–Crippen LogP) is 1.88. The van der Waals surface area contributed by atoms with Crippen molar-refractivity contribution in [2.45, 2.75) is 57.1 Å². The van der Waals surface area contributed by atoms with Gasteiger partial charge in [0.1, 0.15) is 0 Å². The fourth-order valence-electron chi connectivity index (χ4n) is 3.03. The van der Waals surface area contributed by atoms with Crippen LogP contribution in [0.3, 0.4) is 0 Å². The van der Waals surface area contributed by atoms with Crippen LogP contribution in [-0.4, -0.2) is 51.0 Å². The van der Waals surface area contributed by atoms with E-state index >= 15 is 0 Å². The monoisotopic (exact) mass is 509 g/mol. The number of piperidine rings is 1. The van der Waals surface area contributed by atoms with Crippen LogP contribution >= 0.6 is 24.0 Å². The van der Waals surface area contributed by atoms with Gasteiger partial charge in [0.15, 0.2) is 5.96 Å². The summed E-state index contributed by atoms with van der Waals surface area (Å²) >= 11 is 0. The highest BCUT2D eigenvalue weighted by molar-refractivity contribution is 14.0. The summed E-state index contributed by atoms with van der Waals surface area (Å²) in [7, 11) is -3.65. The molecule has 1 aliphatic heterocycles. The second-order valence-electron chi connectivity index (χ2n) is 6.93. The highest BCUT2D eigenvalue weighted by Gasteiger charge is 2.21. The van der Waals surface area contributed by atoms with Crippen molar-refractivity contribution in [1.29, 1.82) is 0 Å². The van der Waals surface area contributed by atoms with Gasteiger partial charge >= 0.3 is 0 Å². The number of primary sulfonamides is 1. The lowest BCUT2D eigenvalue weighted by Gasteiger charge is -2.35. The second kappa shape index (κ2) is 11.2. The predicted molar refractivity (Wildman–Crippen MR) is 121 cm³/mol. The molecular weight excluding hydrogens is 477 g/mol. The molecule has 0 atom stereocenters. The van der Waals surface area contributed by atoms with Crippen molar-refractivity contribution in [3.05, 3.63) is 29.8 Å². The van der Waals surface area contributed by atoms with Crippen LogP contribution in [0, 0.1) is 0 Å². The Bertz CT molecular complexity index is 699. The molecule has 0 bridgehead atoms. The minimum atomic E-state index is -3.65. The van der Waals surface area contributed by atoms with Crippen molar-refractivity contribution in [2.75, 3.05) is 19.6 Å². The van der Waals surface area contributed by atoms with Crippen LogP contribution in [-0.2, 0) is 16.6 Å². The lowest BCUT2D eigenvalue weighted by molar-refractivity contribution is 0.167. The number of guanidine groups is 1. The third kappa shape index (κ3) is 7.92. The van der Waals surface area contributed by atoms with Crippen LogP contribution in [0.4, 0.5) is 0 Å². The van der Waals surface area contributed by atoms with Crippen LogP contribution in [0.5, 0.6) is 0 Å². The van der Waals surface area contributed by atoms with E-state index in [0.717, 1.165) is 44.0 Å². The molecule has 1 aliphatic rings. The SMILES string of the molecule is CCNC(=NCc1ccc(S(N)(=O)=O)cc1)NC1CCN(C(C)C)CC1.I. The Kier molecular flexibility index (Phi) is 9.99. The Balaban J connectivity index is 0.00000364. The molecule has 0 aromatic heterocycles. The van der Waals surface area contributed by atoms with Crippen molar-refractivity contribution >= 4 is 40.0 Å². The summed E-state index contributed by atoms with van der Waals surface area (Å²) < 4.78 is 22.6. The van der Waals surface area contributed by atoms with E-state index in [0.29, 0.717) is 18.6 Å². The van der Waals surface area contributed by atoms with Gasteiger partial charge in [-0.2, -0.15) is 0 Å². The molecule has 0 unspecified atom stereocenters. The quantitative estimate of drug-likeness (QED) is 0.309. The van der Waals surface area contributed by atoms with E-state index in [1.165, 1.54) is 12.1 Å². The summed E-state index contributed by atoms with van der Waals surface area (Å²) in [4.78, 5) is 7.24. The molecule has 1 saturated heterocycles. The number of nitrogens with two attached hydrogens (primary N) is 1. The first-order valence-corrected chi connectivity index (χ1v) is 10.7. The van der Waals surface area contributed by atoms with E-state index < -0.39 is 10.0 Å². The van der Waals surface area contributed by atoms with Crippen LogP contribution in [0.2, 0.25) is 0 Å². The molecule has 0 radical (unpaired) electrons. The molecule has 7 nitrogen and oxygen atoms in total. The van der Waals surface area contributed by atoms with Gasteiger partial charge in [-0.15, -0.1) is 24.0 Å². The van der Waals surface area contributed by atoms with Crippen molar-refractivity contribution in [1.82, 2.24) is 15.5 Å². The number of nitrogens with one attached hydrogen (secondary N) is 2. The van der Waals surface area contributed by atoms with Gasteiger partial charge in [-0.25, -0.2) is 18.5 Å². The number of likely N-dealkylation sites (tertiary alicyclic amines) is 1. The lowest BCUT2D eigenvalue weighted by atomic mass is 10.0. The molecule has 4 N–H and O–H groups in total. The van der Waals surface area contributed by atoms with E-state index in [4.69, 9.17) is 5.14 Å². The highest BCUT2D eigenvalue weighted by Crippen LogP contribution is 2.13. The minimum Gasteiger partial charge on any atom is -0.357 e. The largest absolute Gasteiger partial charge is 0.357 e. The van der Waals surface area contributed by atoms with Crippen molar-refractivity contribution < 1.29 is 8.42 Å². The number of hydrogen-bond acceptors (Lipinski definition) is 4. The molecule has 0 spiro atoms. The summed E-state index contributed by atoms with van der Waals surface area (Å²) in [6.45, 7) is 9.99. The molecule has 0 aliphatic carbocycles. The molecule has 0 amide bonds. The zero-order chi connectivity index (χ0) is 19.2. The molecule has 0 saturated carbocycles. The van der Waals surface area contributed by atoms with Crippen LogP contribution in [0.15, 0.2) is 34.2 Å². The number of hydrogen-bond donors (Lipinski definition) is 3. The van der Waals surface area contributed by atoms with Gasteiger partial charge in [0.2, 0.25) is 10.0 Å². The summed E-state index contributed by atoms with van der Waals surface area (Å²) in [5, 5.41) is 11.9. The molecular formula is C18H32IN5O2S. The number of benzene rings is 1. The maximum absolute atomic E-state index is 11.3. The van der Waals surface area contributed by atoms with Crippen LogP contribution < -0.4 is 15.8 Å². The molecule has 1 fully saturated rings. The number of nitrogens with zero attached hydrogens (tertiary/aromatic N) is 2. The van der Waals surface area contributed by atoms with Gasteiger partial charge in [-0.1, -0.05) is 12.1 Å². The van der Waals surface area contributed by atoms with E-state index in [1.54, 1.807) is 12.1 Å². The minimum absolute atomic E-state index is 0. The summed E-state index contributed by atoms with van der Waals surface area (Å²) in [5.41, 5.74) is 0.934. The molecule has 154 valence electrons. The van der Waals surface area contributed by atoms with E-state index in [1.807, 2.05) is 6.92 Å². The topological polar surface area (TPSA) is 99.8 Å². The smallest absolute Gasteiger partial charge is 0.238 e. The third-order valence-electron chi connectivity index (χ3n) is 4.62. The number of halogens is 1. The lowest BCUT2D eigenvalue weighted by Crippen LogP contribution is -2.49. The zero-order valence-electron chi connectivity index (χ0n) is 16.3. The van der Waals surface area contributed by atoms with Gasteiger partial charge in [-0.3, -0.25) is 0 Å². The number of sulfonamides is 1. The third-order valence-corrected chi connectivity index (χ3v) is 5.55. The van der Waals surface area contributed by atoms with E-state index in [2.05, 4.69) is 34.4 Å². The number of rotatable bonds is 6. The summed E-state index contributed by atoms with van der Waals surface area (Å²) in [6.07, 6.45) is 2.21. The average molecular weight is 509 g/mol. The second-order valence-corrected chi connectivity index (χ2v) is 8.49. The van der Waals surface area contributed by atoms with Gasteiger partial charge in [0, 0.05) is 31.7 Å².